The van der Waals surface area contributed by atoms with Crippen molar-refractivity contribution >= 4 is 23.1 Å². The first-order valence-corrected chi connectivity index (χ1v) is 6.78. The summed E-state index contributed by atoms with van der Waals surface area (Å²) in [7, 11) is 0. The molecule has 4 nitrogen and oxygen atoms in total. The zero-order chi connectivity index (χ0) is 12.5. The van der Waals surface area contributed by atoms with Gasteiger partial charge < -0.3 is 9.84 Å². The van der Waals surface area contributed by atoms with Gasteiger partial charge in [0.1, 0.15) is 5.75 Å². The predicted octanol–water partition coefficient (Wildman–Crippen LogP) is 2.40. The maximum atomic E-state index is 10.1. The molecule has 0 saturated carbocycles. The number of hydrogen-bond donors (Lipinski definition) is 1. The smallest absolute Gasteiger partial charge is 0.126 e. The Morgan fingerprint density at radius 2 is 2.39 bits per heavy atom. The SMILES string of the molecule is OC(Cc1cc(Cl)cc2c1OCC2)c1cnns1. The maximum Gasteiger partial charge on any atom is 0.126 e. The minimum absolute atomic E-state index is 0.465. The highest BCUT2D eigenvalue weighted by Gasteiger charge is 2.20. The number of fused-ring (bicyclic) bond motifs is 1. The third kappa shape index (κ3) is 2.21. The fourth-order valence-corrected chi connectivity index (χ4v) is 2.88. The lowest BCUT2D eigenvalue weighted by molar-refractivity contribution is 0.180. The fourth-order valence-electron chi connectivity index (χ4n) is 2.13. The van der Waals surface area contributed by atoms with Crippen LogP contribution in [0.3, 0.4) is 0 Å². The van der Waals surface area contributed by atoms with Crippen molar-refractivity contribution in [3.63, 3.8) is 0 Å². The zero-order valence-corrected chi connectivity index (χ0v) is 11.0. The summed E-state index contributed by atoms with van der Waals surface area (Å²) in [5.41, 5.74) is 2.06. The van der Waals surface area contributed by atoms with Crippen molar-refractivity contribution in [2.75, 3.05) is 6.61 Å². The Labute approximate surface area is 113 Å². The molecule has 1 aromatic heterocycles. The molecule has 18 heavy (non-hydrogen) atoms. The maximum absolute atomic E-state index is 10.1. The molecule has 1 aliphatic heterocycles. The van der Waals surface area contributed by atoms with Crippen molar-refractivity contribution in [3.8, 4) is 5.75 Å². The highest BCUT2D eigenvalue weighted by Crippen LogP contribution is 2.35. The molecule has 2 heterocycles. The third-order valence-electron chi connectivity index (χ3n) is 2.95. The van der Waals surface area contributed by atoms with Crippen LogP contribution in [0.4, 0.5) is 0 Å². The number of hydrogen-bond acceptors (Lipinski definition) is 5. The molecule has 1 atom stereocenters. The molecule has 1 aromatic carbocycles. The van der Waals surface area contributed by atoms with Crippen LogP contribution in [0.2, 0.25) is 5.02 Å². The van der Waals surface area contributed by atoms with Crippen LogP contribution < -0.4 is 4.74 Å². The number of aliphatic hydroxyl groups excluding tert-OH is 1. The minimum atomic E-state index is -0.614. The summed E-state index contributed by atoms with van der Waals surface area (Å²) in [6.07, 6.45) is 2.31. The topological polar surface area (TPSA) is 55.2 Å². The van der Waals surface area contributed by atoms with E-state index in [1.807, 2.05) is 12.1 Å². The van der Waals surface area contributed by atoms with Gasteiger partial charge in [0.15, 0.2) is 0 Å². The van der Waals surface area contributed by atoms with Crippen molar-refractivity contribution in [2.45, 2.75) is 18.9 Å². The van der Waals surface area contributed by atoms with E-state index < -0.39 is 6.10 Å². The molecule has 94 valence electrons. The van der Waals surface area contributed by atoms with E-state index in [-0.39, 0.29) is 0 Å². The summed E-state index contributed by atoms with van der Waals surface area (Å²) in [6.45, 7) is 0.681. The van der Waals surface area contributed by atoms with Gasteiger partial charge in [-0.25, -0.2) is 0 Å². The lowest BCUT2D eigenvalue weighted by Gasteiger charge is -2.12. The highest BCUT2D eigenvalue weighted by atomic mass is 35.5. The van der Waals surface area contributed by atoms with Gasteiger partial charge in [-0.2, -0.15) is 0 Å². The van der Waals surface area contributed by atoms with Crippen LogP contribution in [0, 0.1) is 0 Å². The van der Waals surface area contributed by atoms with Crippen LogP contribution in [0.1, 0.15) is 22.1 Å². The second-order valence-electron chi connectivity index (χ2n) is 4.19. The predicted molar refractivity (Wildman–Crippen MR) is 69.2 cm³/mol. The highest BCUT2D eigenvalue weighted by molar-refractivity contribution is 7.05. The van der Waals surface area contributed by atoms with Gasteiger partial charge in [-0.05, 0) is 34.8 Å². The van der Waals surface area contributed by atoms with Gasteiger partial charge in [0.2, 0.25) is 0 Å². The van der Waals surface area contributed by atoms with Crippen molar-refractivity contribution in [3.05, 3.63) is 39.4 Å². The number of ether oxygens (including phenoxy) is 1. The second-order valence-corrected chi connectivity index (χ2v) is 5.45. The molecule has 6 heteroatoms. The molecule has 0 spiro atoms. The normalized spacial score (nSPS) is 15.2. The van der Waals surface area contributed by atoms with Gasteiger partial charge in [0.05, 0.1) is 23.8 Å². The van der Waals surface area contributed by atoms with Crippen LogP contribution in [0.25, 0.3) is 0 Å². The van der Waals surface area contributed by atoms with Crippen LogP contribution in [-0.4, -0.2) is 21.3 Å². The lowest BCUT2D eigenvalue weighted by atomic mass is 10.0. The molecular formula is C12H11ClN2O2S. The van der Waals surface area contributed by atoms with Gasteiger partial charge >= 0.3 is 0 Å². The van der Waals surface area contributed by atoms with Crippen molar-refractivity contribution in [1.29, 1.82) is 0 Å². The van der Waals surface area contributed by atoms with E-state index in [0.717, 1.165) is 28.2 Å². The molecule has 0 bridgehead atoms. The Bertz CT molecular complexity index is 559. The molecule has 0 aliphatic carbocycles. The summed E-state index contributed by atoms with van der Waals surface area (Å²) in [4.78, 5) is 0.752. The number of aromatic nitrogens is 2. The molecular weight excluding hydrogens is 272 g/mol. The molecule has 0 amide bonds. The third-order valence-corrected chi connectivity index (χ3v) is 3.93. The standard InChI is InChI=1S/C12H11ClN2O2S/c13-9-3-7-1-2-17-12(7)8(4-9)5-10(16)11-6-14-15-18-11/h3-4,6,10,16H,1-2,5H2. The van der Waals surface area contributed by atoms with Gasteiger partial charge in [-0.1, -0.05) is 16.1 Å². The van der Waals surface area contributed by atoms with E-state index in [1.165, 1.54) is 11.5 Å². The number of rotatable bonds is 3. The number of benzene rings is 1. The quantitative estimate of drug-likeness (QED) is 0.939. The Balaban J connectivity index is 1.89. The van der Waals surface area contributed by atoms with E-state index in [4.69, 9.17) is 16.3 Å². The van der Waals surface area contributed by atoms with E-state index in [1.54, 1.807) is 6.20 Å². The average molecular weight is 283 g/mol. The lowest BCUT2D eigenvalue weighted by Crippen LogP contribution is -2.01. The zero-order valence-electron chi connectivity index (χ0n) is 9.47. The first-order valence-electron chi connectivity index (χ1n) is 5.63. The summed E-state index contributed by atoms with van der Waals surface area (Å²) < 4.78 is 9.35. The number of halogens is 1. The van der Waals surface area contributed by atoms with E-state index in [2.05, 4.69) is 9.59 Å². The molecule has 0 fully saturated rings. The van der Waals surface area contributed by atoms with E-state index >= 15 is 0 Å². The summed E-state index contributed by atoms with van der Waals surface area (Å²) >= 11 is 7.28. The fraction of sp³-hybridized carbons (Fsp3) is 0.333. The van der Waals surface area contributed by atoms with Crippen molar-refractivity contribution in [2.24, 2.45) is 0 Å². The number of nitrogens with zero attached hydrogens (tertiary/aromatic N) is 2. The summed E-state index contributed by atoms with van der Waals surface area (Å²) in [6, 6.07) is 3.78. The first-order chi connectivity index (χ1) is 8.74. The summed E-state index contributed by atoms with van der Waals surface area (Å²) in [5, 5.41) is 14.5. The molecule has 1 unspecified atom stereocenters. The van der Waals surface area contributed by atoms with Crippen LogP contribution in [0.15, 0.2) is 18.3 Å². The Hall–Kier alpha value is -1.17. The van der Waals surface area contributed by atoms with Gasteiger partial charge in [-0.15, -0.1) is 5.10 Å². The Morgan fingerprint density at radius 3 is 3.17 bits per heavy atom. The van der Waals surface area contributed by atoms with Crippen LogP contribution in [-0.2, 0) is 12.8 Å². The molecule has 3 rings (SSSR count). The molecule has 0 radical (unpaired) electrons. The molecule has 2 aromatic rings. The van der Waals surface area contributed by atoms with Crippen molar-refractivity contribution < 1.29 is 9.84 Å². The van der Waals surface area contributed by atoms with Crippen LogP contribution >= 0.6 is 23.1 Å². The van der Waals surface area contributed by atoms with Crippen molar-refractivity contribution in [1.82, 2.24) is 9.59 Å². The molecule has 0 saturated heterocycles. The number of aliphatic hydroxyl groups is 1. The van der Waals surface area contributed by atoms with Gasteiger partial charge in [0, 0.05) is 17.9 Å². The van der Waals surface area contributed by atoms with Crippen LogP contribution in [0.5, 0.6) is 5.75 Å². The monoisotopic (exact) mass is 282 g/mol. The Morgan fingerprint density at radius 1 is 1.50 bits per heavy atom. The van der Waals surface area contributed by atoms with Gasteiger partial charge in [0.25, 0.3) is 0 Å². The molecule has 1 aliphatic rings. The average Bonchev–Trinajstić information content (AvgIpc) is 2.98. The first kappa shape index (κ1) is 11.9. The van der Waals surface area contributed by atoms with E-state index in [9.17, 15) is 5.11 Å². The summed E-state index contributed by atoms with van der Waals surface area (Å²) in [5.74, 6) is 0.871. The second kappa shape index (κ2) is 4.84. The Kier molecular flexibility index (Phi) is 3.20. The van der Waals surface area contributed by atoms with Gasteiger partial charge in [-0.3, -0.25) is 0 Å². The largest absolute Gasteiger partial charge is 0.493 e. The molecule has 1 N–H and O–H groups in total. The minimum Gasteiger partial charge on any atom is -0.493 e. The van der Waals surface area contributed by atoms with E-state index in [0.29, 0.717) is 18.1 Å².